The van der Waals surface area contributed by atoms with Gasteiger partial charge in [0.1, 0.15) is 0 Å². The van der Waals surface area contributed by atoms with E-state index in [2.05, 4.69) is 36.4 Å². The largest absolute Gasteiger partial charge is 0.0913 e. The van der Waals surface area contributed by atoms with E-state index in [1.165, 1.54) is 5.56 Å². The van der Waals surface area contributed by atoms with Crippen molar-refractivity contribution in [1.29, 1.82) is 0 Å². The molecule has 0 aliphatic heterocycles. The maximum absolute atomic E-state index is 2.16. The van der Waals surface area contributed by atoms with E-state index >= 15 is 0 Å². The van der Waals surface area contributed by atoms with Crippen LogP contribution in [0.3, 0.4) is 0 Å². The van der Waals surface area contributed by atoms with Crippen molar-refractivity contribution in [3.05, 3.63) is 48.0 Å². The zero-order valence-corrected chi connectivity index (χ0v) is 6.25. The lowest BCUT2D eigenvalue weighted by molar-refractivity contribution is 1.26. The van der Waals surface area contributed by atoms with Crippen LogP contribution >= 0.6 is 0 Å². The fourth-order valence-electron chi connectivity index (χ4n) is 0.868. The molecule has 0 unspecified atom stereocenters. The molecule has 0 atom stereocenters. The Morgan fingerprint density at radius 3 is 2.50 bits per heavy atom. The van der Waals surface area contributed by atoms with E-state index in [9.17, 15) is 0 Å². The normalized spacial score (nSPS) is 10.5. The average molecular weight is 132 g/mol. The lowest BCUT2D eigenvalue weighted by Crippen LogP contribution is -1.76. The first-order valence-electron chi connectivity index (χ1n) is 3.58. The molecule has 10 heavy (non-hydrogen) atoms. The van der Waals surface area contributed by atoms with Gasteiger partial charge in [0.2, 0.25) is 0 Å². The van der Waals surface area contributed by atoms with Gasteiger partial charge >= 0.3 is 0 Å². The molecule has 0 spiro atoms. The molecule has 0 nitrogen and oxygen atoms in total. The van der Waals surface area contributed by atoms with Crippen molar-refractivity contribution in [2.75, 3.05) is 0 Å². The molecule has 0 aromatic heterocycles. The Balaban J connectivity index is 2.59. The van der Waals surface area contributed by atoms with Crippen LogP contribution in [-0.4, -0.2) is 0 Å². The monoisotopic (exact) mass is 132 g/mol. The van der Waals surface area contributed by atoms with Crippen LogP contribution in [0.25, 0.3) is 0 Å². The van der Waals surface area contributed by atoms with Crippen LogP contribution in [0.15, 0.2) is 42.5 Å². The zero-order chi connectivity index (χ0) is 7.23. The van der Waals surface area contributed by atoms with Gasteiger partial charge in [0, 0.05) is 0 Å². The van der Waals surface area contributed by atoms with Crippen LogP contribution in [0.1, 0.15) is 12.5 Å². The van der Waals surface area contributed by atoms with Crippen LogP contribution in [0.2, 0.25) is 0 Å². The summed E-state index contributed by atoms with van der Waals surface area (Å²) in [6.07, 6.45) is 5.29. The van der Waals surface area contributed by atoms with Gasteiger partial charge in [-0.3, -0.25) is 0 Å². The van der Waals surface area contributed by atoms with Gasteiger partial charge in [-0.25, -0.2) is 0 Å². The quantitative estimate of drug-likeness (QED) is 0.543. The summed E-state index contributed by atoms with van der Waals surface area (Å²) >= 11 is 0. The molecule has 0 radical (unpaired) electrons. The van der Waals surface area contributed by atoms with E-state index in [-0.39, 0.29) is 0 Å². The van der Waals surface area contributed by atoms with Crippen LogP contribution in [0.5, 0.6) is 0 Å². The van der Waals surface area contributed by atoms with Crippen molar-refractivity contribution in [3.8, 4) is 0 Å². The standard InChI is InChI=1S/C10H12/c1-2-3-7-10-8-5-4-6-9-10/h2-6,8-9H,7H2,1H3/b3-2-. The number of rotatable bonds is 2. The smallest absolute Gasteiger partial charge is 0.00976 e. The maximum Gasteiger partial charge on any atom is -0.00976 e. The fourth-order valence-corrected chi connectivity index (χ4v) is 0.868. The van der Waals surface area contributed by atoms with Gasteiger partial charge < -0.3 is 0 Å². The SMILES string of the molecule is C/C=C\Cc1ccccc1. The van der Waals surface area contributed by atoms with Crippen molar-refractivity contribution >= 4 is 0 Å². The number of hydrogen-bond acceptors (Lipinski definition) is 0. The summed E-state index contributed by atoms with van der Waals surface area (Å²) in [6.45, 7) is 2.04. The molecule has 0 N–H and O–H groups in total. The van der Waals surface area contributed by atoms with Gasteiger partial charge in [0.25, 0.3) is 0 Å². The molecule has 1 rings (SSSR count). The summed E-state index contributed by atoms with van der Waals surface area (Å²) in [5, 5.41) is 0. The number of allylic oxidation sites excluding steroid dienone is 2. The molecule has 1 aromatic carbocycles. The Labute approximate surface area is 62.2 Å². The number of benzene rings is 1. The molecule has 0 fully saturated rings. The summed E-state index contributed by atoms with van der Waals surface area (Å²) in [6, 6.07) is 10.5. The highest BCUT2D eigenvalue weighted by Gasteiger charge is 1.83. The lowest BCUT2D eigenvalue weighted by atomic mass is 10.1. The lowest BCUT2D eigenvalue weighted by Gasteiger charge is -1.92. The van der Waals surface area contributed by atoms with Gasteiger partial charge in [-0.05, 0) is 18.9 Å². The summed E-state index contributed by atoms with van der Waals surface area (Å²) in [5.74, 6) is 0. The van der Waals surface area contributed by atoms with E-state index in [4.69, 9.17) is 0 Å². The van der Waals surface area contributed by atoms with Crippen LogP contribution in [0, 0.1) is 0 Å². The summed E-state index contributed by atoms with van der Waals surface area (Å²) in [5.41, 5.74) is 1.38. The average Bonchev–Trinajstić information content (AvgIpc) is 2.03. The van der Waals surface area contributed by atoms with Crippen LogP contribution < -0.4 is 0 Å². The van der Waals surface area contributed by atoms with E-state index < -0.39 is 0 Å². The van der Waals surface area contributed by atoms with Crippen LogP contribution in [0.4, 0.5) is 0 Å². The first-order valence-corrected chi connectivity index (χ1v) is 3.58. The van der Waals surface area contributed by atoms with Gasteiger partial charge in [-0.2, -0.15) is 0 Å². The minimum absolute atomic E-state index is 1.05. The minimum Gasteiger partial charge on any atom is -0.0913 e. The zero-order valence-electron chi connectivity index (χ0n) is 6.25. The third kappa shape index (κ3) is 2.06. The molecule has 0 bridgehead atoms. The molecule has 0 heterocycles. The van der Waals surface area contributed by atoms with Crippen molar-refractivity contribution in [1.82, 2.24) is 0 Å². The molecule has 0 aliphatic carbocycles. The Kier molecular flexibility index (Phi) is 2.75. The van der Waals surface area contributed by atoms with E-state index in [0.29, 0.717) is 0 Å². The summed E-state index contributed by atoms with van der Waals surface area (Å²) < 4.78 is 0. The highest BCUT2D eigenvalue weighted by Crippen LogP contribution is 1.99. The summed E-state index contributed by atoms with van der Waals surface area (Å²) in [4.78, 5) is 0. The maximum atomic E-state index is 2.16. The van der Waals surface area contributed by atoms with Crippen molar-refractivity contribution in [2.24, 2.45) is 0 Å². The predicted octanol–water partition coefficient (Wildman–Crippen LogP) is 2.81. The van der Waals surface area contributed by atoms with Gasteiger partial charge in [0.05, 0.1) is 0 Å². The van der Waals surface area contributed by atoms with Gasteiger partial charge in [0.15, 0.2) is 0 Å². The molecule has 0 aliphatic rings. The third-order valence-electron chi connectivity index (χ3n) is 1.43. The second-order valence-electron chi connectivity index (χ2n) is 2.26. The highest BCUT2D eigenvalue weighted by molar-refractivity contribution is 5.17. The Bertz CT molecular complexity index is 197. The van der Waals surface area contributed by atoms with Crippen molar-refractivity contribution in [2.45, 2.75) is 13.3 Å². The Morgan fingerprint density at radius 2 is 1.90 bits per heavy atom. The first kappa shape index (κ1) is 7.07. The van der Waals surface area contributed by atoms with Gasteiger partial charge in [-0.15, -0.1) is 0 Å². The van der Waals surface area contributed by atoms with Crippen LogP contribution in [-0.2, 0) is 6.42 Å². The molecule has 0 saturated heterocycles. The Morgan fingerprint density at radius 1 is 1.20 bits per heavy atom. The fraction of sp³-hybridized carbons (Fsp3) is 0.200. The molecule has 0 heteroatoms. The number of hydrogen-bond donors (Lipinski definition) is 0. The minimum atomic E-state index is 1.05. The van der Waals surface area contributed by atoms with Crippen molar-refractivity contribution < 1.29 is 0 Å². The molecule has 0 saturated carbocycles. The van der Waals surface area contributed by atoms with E-state index in [1.807, 2.05) is 13.0 Å². The third-order valence-corrected chi connectivity index (χ3v) is 1.43. The molecule has 0 amide bonds. The highest BCUT2D eigenvalue weighted by atomic mass is 13.9. The van der Waals surface area contributed by atoms with E-state index in [1.54, 1.807) is 0 Å². The van der Waals surface area contributed by atoms with Crippen molar-refractivity contribution in [3.63, 3.8) is 0 Å². The topological polar surface area (TPSA) is 0 Å². The second kappa shape index (κ2) is 3.89. The second-order valence-corrected chi connectivity index (χ2v) is 2.26. The van der Waals surface area contributed by atoms with E-state index in [0.717, 1.165) is 6.42 Å². The predicted molar refractivity (Wildman–Crippen MR) is 45.0 cm³/mol. The molecular formula is C10H12. The first-order chi connectivity index (χ1) is 4.93. The summed E-state index contributed by atoms with van der Waals surface area (Å²) in [7, 11) is 0. The van der Waals surface area contributed by atoms with Gasteiger partial charge in [-0.1, -0.05) is 42.5 Å². The molecular weight excluding hydrogens is 120 g/mol. The molecule has 52 valence electrons. The molecule has 1 aromatic rings. The Hall–Kier alpha value is -1.04.